The second-order valence-electron chi connectivity index (χ2n) is 0. The monoisotopic (exact) mass is 279 g/mol. The molecule has 0 fully saturated rings. The smallest absolute Gasteiger partial charge is 2.00 e. The summed E-state index contributed by atoms with van der Waals surface area (Å²) in [7, 11) is 0. The number of hydrogen-bond acceptors (Lipinski definition) is 0. The third-order valence-electron chi connectivity index (χ3n) is 0. The summed E-state index contributed by atoms with van der Waals surface area (Å²) in [5, 5.41) is 0. The van der Waals surface area contributed by atoms with Crippen LogP contribution in [-0.2, 0) is 5.48 Å². The molecule has 0 saturated carbocycles. The van der Waals surface area contributed by atoms with Crippen molar-refractivity contribution in [3.05, 3.63) is 0 Å². The van der Waals surface area contributed by atoms with E-state index in [9.17, 15) is 0 Å². The van der Waals surface area contributed by atoms with Gasteiger partial charge in [0.2, 0.25) is 0 Å². The van der Waals surface area contributed by atoms with Crippen LogP contribution in [0.25, 0.3) is 0 Å². The van der Waals surface area contributed by atoms with Gasteiger partial charge >= 0.3 is 60.7 Å². The normalized spacial score (nSPS) is 0. The standard InChI is InChI=1S/In.O.Si.Sn/q+3;-2;2*+4. The van der Waals surface area contributed by atoms with Crippen LogP contribution in [0.1, 0.15) is 0 Å². The van der Waals surface area contributed by atoms with Crippen LogP contribution < -0.4 is 0 Å². The van der Waals surface area contributed by atoms with Crippen molar-refractivity contribution in [1.29, 1.82) is 0 Å². The SMILES string of the molecule is [In+3].[O-2].[Si+4].[Sn+4]. The Morgan fingerprint density at radius 1 is 1.00 bits per heavy atom. The second kappa shape index (κ2) is 21.0. The topological polar surface area (TPSA) is 28.5 Å². The molecule has 0 unspecified atom stereocenters. The Labute approximate surface area is 65.6 Å². The summed E-state index contributed by atoms with van der Waals surface area (Å²) in [5.74, 6) is 0. The number of hydrogen-bond donors (Lipinski definition) is 0. The Morgan fingerprint density at radius 3 is 1.00 bits per heavy atom. The van der Waals surface area contributed by atoms with Gasteiger partial charge in [-0.15, -0.1) is 0 Å². The molecule has 0 aliphatic rings. The summed E-state index contributed by atoms with van der Waals surface area (Å²) < 4.78 is 0. The van der Waals surface area contributed by atoms with E-state index in [0.29, 0.717) is 0 Å². The molecule has 1 nitrogen and oxygen atoms in total. The van der Waals surface area contributed by atoms with Crippen molar-refractivity contribution in [3.63, 3.8) is 0 Å². The van der Waals surface area contributed by atoms with Gasteiger partial charge in [-0.25, -0.2) is 0 Å². The average Bonchev–Trinajstić information content (AvgIpc) is 0. The molecular weight excluding hydrogens is 278 g/mol. The molecule has 0 amide bonds. The van der Waals surface area contributed by atoms with Gasteiger partial charge in [0.05, 0.1) is 0 Å². The maximum atomic E-state index is 0. The van der Waals surface area contributed by atoms with E-state index >= 15 is 0 Å². The Bertz CT molecular complexity index is 8.00. The predicted molar refractivity (Wildman–Crippen MR) is 17.9 cm³/mol. The second-order valence-corrected chi connectivity index (χ2v) is 0. The van der Waals surface area contributed by atoms with Crippen LogP contribution in [0.15, 0.2) is 0 Å². The van der Waals surface area contributed by atoms with Crippen molar-refractivity contribution < 1.29 is 5.48 Å². The van der Waals surface area contributed by atoms with Gasteiger partial charge in [-0.3, -0.25) is 0 Å². The van der Waals surface area contributed by atoms with Crippen molar-refractivity contribution in [2.75, 3.05) is 0 Å². The first-order valence-electron chi connectivity index (χ1n) is 0. The fourth-order valence-electron chi connectivity index (χ4n) is 0. The molecule has 0 N–H and O–H groups in total. The van der Waals surface area contributed by atoms with E-state index in [-0.39, 0.29) is 66.2 Å². The maximum Gasteiger partial charge on any atom is 4.00 e. The number of rotatable bonds is 0. The van der Waals surface area contributed by atoms with Gasteiger partial charge in [0.1, 0.15) is 0 Å². The molecule has 0 aromatic heterocycles. The molecule has 8 valence electrons. The fourth-order valence-corrected chi connectivity index (χ4v) is 0. The summed E-state index contributed by atoms with van der Waals surface area (Å²) in [5.41, 5.74) is 0. The van der Waals surface area contributed by atoms with Gasteiger partial charge < -0.3 is 5.48 Å². The van der Waals surface area contributed by atoms with Gasteiger partial charge in [-0.05, 0) is 0 Å². The third-order valence-corrected chi connectivity index (χ3v) is 0. The van der Waals surface area contributed by atoms with Gasteiger partial charge in [0, 0.05) is 0 Å². The summed E-state index contributed by atoms with van der Waals surface area (Å²) in [6, 6.07) is 0. The Morgan fingerprint density at radius 2 is 1.00 bits per heavy atom. The van der Waals surface area contributed by atoms with E-state index in [1.54, 1.807) is 0 Å². The zero-order chi connectivity index (χ0) is 0. The predicted octanol–water partition coefficient (Wildman–Crippen LogP) is -1.26. The minimum Gasteiger partial charge on any atom is -2.00 e. The third kappa shape index (κ3) is 9.14. The van der Waals surface area contributed by atoms with Gasteiger partial charge in [-0.2, -0.15) is 0 Å². The fraction of sp³-hybridized carbons (Fsp3) is 0. The van der Waals surface area contributed by atoms with Crippen molar-refractivity contribution in [2.24, 2.45) is 0 Å². The molecular formula is InOSiSn+9. The average molecular weight is 278 g/mol. The van der Waals surface area contributed by atoms with Crippen LogP contribution in [-0.4, -0.2) is 60.7 Å². The van der Waals surface area contributed by atoms with E-state index in [0.717, 1.165) is 0 Å². The first kappa shape index (κ1) is 40.3. The van der Waals surface area contributed by atoms with Crippen LogP contribution in [0, 0.1) is 0 Å². The van der Waals surface area contributed by atoms with Crippen LogP contribution >= 0.6 is 0 Å². The van der Waals surface area contributed by atoms with Crippen LogP contribution in [0.5, 0.6) is 0 Å². The molecule has 0 rings (SSSR count). The molecule has 0 bridgehead atoms. The zero-order valence-corrected chi connectivity index (χ0v) is 9.14. The molecule has 0 aromatic carbocycles. The van der Waals surface area contributed by atoms with E-state index < -0.39 is 0 Å². The molecule has 0 atom stereocenters. The molecule has 4 heavy (non-hydrogen) atoms. The van der Waals surface area contributed by atoms with Crippen LogP contribution in [0.4, 0.5) is 0 Å². The molecule has 0 spiro atoms. The summed E-state index contributed by atoms with van der Waals surface area (Å²) in [6.07, 6.45) is 0. The molecule has 0 aromatic rings. The minimum absolute atomic E-state index is 0. The molecule has 0 aliphatic carbocycles. The van der Waals surface area contributed by atoms with E-state index in [4.69, 9.17) is 0 Å². The summed E-state index contributed by atoms with van der Waals surface area (Å²) in [4.78, 5) is 0. The van der Waals surface area contributed by atoms with E-state index in [2.05, 4.69) is 0 Å². The summed E-state index contributed by atoms with van der Waals surface area (Å²) in [6.45, 7) is 0. The Kier molecular flexibility index (Phi) is 212. The maximum absolute atomic E-state index is 0. The van der Waals surface area contributed by atoms with Crippen molar-refractivity contribution >= 4 is 60.7 Å². The molecule has 0 radical (unpaired) electrons. The zero-order valence-electron chi connectivity index (χ0n) is 1.99. The van der Waals surface area contributed by atoms with Crippen molar-refractivity contribution in [2.45, 2.75) is 0 Å². The molecule has 0 heterocycles. The van der Waals surface area contributed by atoms with Gasteiger partial charge in [-0.1, -0.05) is 0 Å². The van der Waals surface area contributed by atoms with Crippen LogP contribution in [0.3, 0.4) is 0 Å². The van der Waals surface area contributed by atoms with E-state index in [1.165, 1.54) is 0 Å². The minimum atomic E-state index is 0. The molecule has 0 saturated heterocycles. The summed E-state index contributed by atoms with van der Waals surface area (Å²) >= 11 is 0. The molecule has 0 aliphatic heterocycles. The first-order chi connectivity index (χ1) is 0. The van der Waals surface area contributed by atoms with Gasteiger partial charge in [0.25, 0.3) is 0 Å². The van der Waals surface area contributed by atoms with Crippen molar-refractivity contribution in [1.82, 2.24) is 0 Å². The Hall–Kier alpha value is 1.85. The molecule has 4 heteroatoms. The Balaban J connectivity index is 0. The van der Waals surface area contributed by atoms with Crippen LogP contribution in [0.2, 0.25) is 0 Å². The van der Waals surface area contributed by atoms with Gasteiger partial charge in [0.15, 0.2) is 0 Å². The first-order valence-corrected chi connectivity index (χ1v) is 0. The quantitative estimate of drug-likeness (QED) is 0.495. The van der Waals surface area contributed by atoms with Crippen molar-refractivity contribution in [3.8, 4) is 0 Å². The largest absolute Gasteiger partial charge is 4.00 e. The van der Waals surface area contributed by atoms with E-state index in [1.807, 2.05) is 0 Å².